The number of hydrogen-bond acceptors (Lipinski definition) is 5. The average Bonchev–Trinajstić information content (AvgIpc) is 2.92. The third-order valence-corrected chi connectivity index (χ3v) is 4.25. The molecule has 1 aromatic heterocycles. The van der Waals surface area contributed by atoms with E-state index in [1.807, 2.05) is 4.68 Å². The summed E-state index contributed by atoms with van der Waals surface area (Å²) >= 11 is 0. The molecular weight excluding hydrogens is 252 g/mol. The first-order chi connectivity index (χ1) is 9.78. The van der Waals surface area contributed by atoms with Gasteiger partial charge in [-0.1, -0.05) is 27.2 Å². The van der Waals surface area contributed by atoms with E-state index >= 15 is 0 Å². The topological polar surface area (TPSA) is 58.9 Å². The molecule has 0 radical (unpaired) electrons. The molecule has 0 spiro atoms. The summed E-state index contributed by atoms with van der Waals surface area (Å²) < 4.78 is 1.97. The monoisotopic (exact) mass is 280 g/mol. The summed E-state index contributed by atoms with van der Waals surface area (Å²) in [6.45, 7) is 10.7. The lowest BCUT2D eigenvalue weighted by Gasteiger charge is -2.39. The van der Waals surface area contributed by atoms with Crippen LogP contribution in [0.3, 0.4) is 0 Å². The second-order valence-electron chi connectivity index (χ2n) is 5.68. The van der Waals surface area contributed by atoms with E-state index < -0.39 is 0 Å². The normalized spacial score (nSPS) is 24.1. The molecule has 114 valence electrons. The van der Waals surface area contributed by atoms with Gasteiger partial charge in [-0.15, -0.1) is 5.10 Å². The SMILES string of the molecule is CCCCn1nnnc1CN1CC(CC)NCC1CC. The lowest BCUT2D eigenvalue weighted by Crippen LogP contribution is -2.55. The molecule has 2 heterocycles. The zero-order valence-corrected chi connectivity index (χ0v) is 13.0. The second kappa shape index (κ2) is 7.69. The van der Waals surface area contributed by atoms with Crippen molar-refractivity contribution in [3.05, 3.63) is 5.82 Å². The third-order valence-electron chi connectivity index (χ3n) is 4.25. The molecule has 1 fully saturated rings. The highest BCUT2D eigenvalue weighted by Crippen LogP contribution is 2.15. The molecule has 20 heavy (non-hydrogen) atoms. The van der Waals surface area contributed by atoms with Crippen molar-refractivity contribution in [2.75, 3.05) is 13.1 Å². The minimum absolute atomic E-state index is 0.592. The molecule has 2 atom stereocenters. The van der Waals surface area contributed by atoms with E-state index in [9.17, 15) is 0 Å². The number of rotatable bonds is 7. The minimum Gasteiger partial charge on any atom is -0.311 e. The number of nitrogens with one attached hydrogen (secondary N) is 1. The van der Waals surface area contributed by atoms with Crippen LogP contribution < -0.4 is 5.32 Å². The van der Waals surface area contributed by atoms with Gasteiger partial charge in [0.05, 0.1) is 6.54 Å². The number of nitrogens with zero attached hydrogens (tertiary/aromatic N) is 5. The van der Waals surface area contributed by atoms with E-state index in [-0.39, 0.29) is 0 Å². The van der Waals surface area contributed by atoms with Crippen molar-refractivity contribution in [2.45, 2.75) is 71.6 Å². The van der Waals surface area contributed by atoms with Crippen LogP contribution in [0.2, 0.25) is 0 Å². The van der Waals surface area contributed by atoms with Crippen molar-refractivity contribution in [3.8, 4) is 0 Å². The zero-order chi connectivity index (χ0) is 14.4. The third kappa shape index (κ3) is 3.76. The number of tetrazole rings is 1. The second-order valence-corrected chi connectivity index (χ2v) is 5.68. The first kappa shape index (κ1) is 15.4. The summed E-state index contributed by atoms with van der Waals surface area (Å²) in [4.78, 5) is 2.54. The first-order valence-electron chi connectivity index (χ1n) is 8.00. The van der Waals surface area contributed by atoms with Gasteiger partial charge in [-0.25, -0.2) is 4.68 Å². The number of aryl methyl sites for hydroxylation is 1. The van der Waals surface area contributed by atoms with Crippen LogP contribution in [-0.2, 0) is 13.1 Å². The van der Waals surface area contributed by atoms with Gasteiger partial charge in [-0.2, -0.15) is 0 Å². The van der Waals surface area contributed by atoms with Crippen molar-refractivity contribution in [3.63, 3.8) is 0 Å². The Hall–Kier alpha value is -1.01. The largest absolute Gasteiger partial charge is 0.311 e. The molecule has 0 bridgehead atoms. The molecule has 0 amide bonds. The van der Waals surface area contributed by atoms with Gasteiger partial charge in [0.1, 0.15) is 0 Å². The Morgan fingerprint density at radius 2 is 2.10 bits per heavy atom. The summed E-state index contributed by atoms with van der Waals surface area (Å²) in [6, 6.07) is 1.19. The summed E-state index contributed by atoms with van der Waals surface area (Å²) in [7, 11) is 0. The average molecular weight is 280 g/mol. The quantitative estimate of drug-likeness (QED) is 0.819. The number of aromatic nitrogens is 4. The van der Waals surface area contributed by atoms with Crippen LogP contribution in [-0.4, -0.2) is 50.3 Å². The van der Waals surface area contributed by atoms with E-state index in [2.05, 4.69) is 46.5 Å². The smallest absolute Gasteiger partial charge is 0.165 e. The van der Waals surface area contributed by atoms with Crippen LogP contribution in [0.1, 0.15) is 52.3 Å². The summed E-state index contributed by atoms with van der Waals surface area (Å²) in [5, 5.41) is 15.8. The highest BCUT2D eigenvalue weighted by Gasteiger charge is 2.27. The van der Waals surface area contributed by atoms with Gasteiger partial charge in [0.25, 0.3) is 0 Å². The summed E-state index contributed by atoms with van der Waals surface area (Å²) in [6.07, 6.45) is 4.64. The molecule has 0 aromatic carbocycles. The maximum atomic E-state index is 4.22. The fraction of sp³-hybridized carbons (Fsp3) is 0.929. The lowest BCUT2D eigenvalue weighted by atomic mass is 10.1. The Balaban J connectivity index is 2.00. The summed E-state index contributed by atoms with van der Waals surface area (Å²) in [5.74, 6) is 1.01. The molecule has 6 nitrogen and oxygen atoms in total. The Bertz CT molecular complexity index is 391. The van der Waals surface area contributed by atoms with Crippen LogP contribution in [0.4, 0.5) is 0 Å². The minimum atomic E-state index is 0.592. The van der Waals surface area contributed by atoms with Gasteiger partial charge in [-0.05, 0) is 29.7 Å². The van der Waals surface area contributed by atoms with Gasteiger partial charge in [0.2, 0.25) is 0 Å². The van der Waals surface area contributed by atoms with Crippen LogP contribution in [0, 0.1) is 0 Å². The number of unbranched alkanes of at least 4 members (excludes halogenated alkanes) is 1. The van der Waals surface area contributed by atoms with Crippen molar-refractivity contribution in [2.24, 2.45) is 0 Å². The van der Waals surface area contributed by atoms with Gasteiger partial charge < -0.3 is 5.32 Å². The highest BCUT2D eigenvalue weighted by molar-refractivity contribution is 4.89. The highest BCUT2D eigenvalue weighted by atomic mass is 15.5. The van der Waals surface area contributed by atoms with Crippen molar-refractivity contribution < 1.29 is 0 Å². The van der Waals surface area contributed by atoms with E-state index in [1.54, 1.807) is 0 Å². The van der Waals surface area contributed by atoms with E-state index in [0.717, 1.165) is 38.4 Å². The van der Waals surface area contributed by atoms with E-state index in [0.29, 0.717) is 12.1 Å². The molecule has 1 saturated heterocycles. The lowest BCUT2D eigenvalue weighted by molar-refractivity contribution is 0.112. The predicted octanol–water partition coefficient (Wildman–Crippen LogP) is 1.44. The molecule has 2 rings (SSSR count). The molecule has 0 aliphatic carbocycles. The summed E-state index contributed by atoms with van der Waals surface area (Å²) in [5.41, 5.74) is 0. The maximum Gasteiger partial charge on any atom is 0.165 e. The molecule has 6 heteroatoms. The maximum absolute atomic E-state index is 4.22. The van der Waals surface area contributed by atoms with Crippen LogP contribution in [0.25, 0.3) is 0 Å². The molecule has 2 unspecified atom stereocenters. The van der Waals surface area contributed by atoms with Gasteiger partial charge >= 0.3 is 0 Å². The van der Waals surface area contributed by atoms with Gasteiger partial charge in [0, 0.05) is 31.7 Å². The standard InChI is InChI=1S/C14H28N6/c1-4-7-8-20-14(16-17-18-20)11-19-10-12(5-2)15-9-13(19)6-3/h12-13,15H,4-11H2,1-3H3. The predicted molar refractivity (Wildman–Crippen MR) is 79.3 cm³/mol. The molecular formula is C14H28N6. The van der Waals surface area contributed by atoms with Gasteiger partial charge in [0.15, 0.2) is 5.82 Å². The molecule has 1 aliphatic rings. The van der Waals surface area contributed by atoms with E-state index in [1.165, 1.54) is 19.3 Å². The Labute approximate surface area is 121 Å². The Morgan fingerprint density at radius 3 is 2.80 bits per heavy atom. The molecule has 1 aliphatic heterocycles. The first-order valence-corrected chi connectivity index (χ1v) is 8.00. The molecule has 0 saturated carbocycles. The van der Waals surface area contributed by atoms with Crippen LogP contribution in [0.15, 0.2) is 0 Å². The van der Waals surface area contributed by atoms with E-state index in [4.69, 9.17) is 0 Å². The fourth-order valence-corrected chi connectivity index (χ4v) is 2.80. The Morgan fingerprint density at radius 1 is 1.25 bits per heavy atom. The molecule has 1 N–H and O–H groups in total. The van der Waals surface area contributed by atoms with Gasteiger partial charge in [-0.3, -0.25) is 4.90 Å². The van der Waals surface area contributed by atoms with Crippen LogP contribution >= 0.6 is 0 Å². The van der Waals surface area contributed by atoms with Crippen LogP contribution in [0.5, 0.6) is 0 Å². The van der Waals surface area contributed by atoms with Crippen molar-refractivity contribution in [1.29, 1.82) is 0 Å². The number of piperazine rings is 1. The molecule has 1 aromatic rings. The number of hydrogen-bond donors (Lipinski definition) is 1. The zero-order valence-electron chi connectivity index (χ0n) is 13.0. The van der Waals surface area contributed by atoms with Crippen molar-refractivity contribution in [1.82, 2.24) is 30.4 Å². The van der Waals surface area contributed by atoms with Crippen molar-refractivity contribution >= 4 is 0 Å². The fourth-order valence-electron chi connectivity index (χ4n) is 2.80. The Kier molecular flexibility index (Phi) is 5.91.